The van der Waals surface area contributed by atoms with Crippen molar-refractivity contribution >= 4 is 0 Å². The molecule has 26 heavy (non-hydrogen) atoms. The maximum Gasteiger partial charge on any atom is 0.165 e. The van der Waals surface area contributed by atoms with Crippen LogP contribution in [0.2, 0.25) is 0 Å². The van der Waals surface area contributed by atoms with Crippen LogP contribution in [-0.2, 0) is 18.3 Å². The Hall–Kier alpha value is -1.30. The minimum atomic E-state index is -0.786. The van der Waals surface area contributed by atoms with Crippen LogP contribution in [0.5, 0.6) is 11.5 Å². The maximum atomic E-state index is 11.9. The summed E-state index contributed by atoms with van der Waals surface area (Å²) in [6.07, 6.45) is 6.95. The summed E-state index contributed by atoms with van der Waals surface area (Å²) in [6, 6.07) is 2.24. The number of likely N-dealkylation sites (N-methyl/N-ethyl adjacent to an activating group) is 1. The number of piperidine rings is 1. The predicted octanol–water partition coefficient (Wildman–Crippen LogP) is 1.37. The van der Waals surface area contributed by atoms with Crippen LogP contribution in [0.1, 0.15) is 48.8 Å². The zero-order chi connectivity index (χ0) is 17.7. The molecule has 0 unspecified atom stereocenters. The standard InChI is InChI=1S/C21H28N2O3/c1-22-14-4-5-21(25)16-10-13-12(8-11-2-3-11)9-15(24)18-17(13)20(21,6-7-23-16)19(14)26-18/h9,11,14,16,19,22-25H,2-8,10H2,1H3/t14-,16-,19+,20+,21-/m1/s1. The Morgan fingerprint density at radius 3 is 2.92 bits per heavy atom. The molecule has 5 aliphatic rings. The first kappa shape index (κ1) is 15.7. The molecule has 5 nitrogen and oxygen atoms in total. The van der Waals surface area contributed by atoms with Gasteiger partial charge in [-0.05, 0) is 81.6 Å². The number of phenolic OH excluding ortho intramolecular Hbond substituents is 1. The molecule has 5 heteroatoms. The van der Waals surface area contributed by atoms with Crippen LogP contribution in [0.4, 0.5) is 0 Å². The number of aliphatic hydroxyl groups is 1. The number of ether oxygens (including phenoxy) is 1. The van der Waals surface area contributed by atoms with E-state index in [1.807, 2.05) is 13.1 Å². The van der Waals surface area contributed by atoms with Crippen LogP contribution in [0.15, 0.2) is 6.07 Å². The van der Waals surface area contributed by atoms with Gasteiger partial charge in [0.05, 0.1) is 11.0 Å². The highest BCUT2D eigenvalue weighted by atomic mass is 16.5. The van der Waals surface area contributed by atoms with Gasteiger partial charge in [0.15, 0.2) is 11.5 Å². The van der Waals surface area contributed by atoms with Crippen molar-refractivity contribution in [3.63, 3.8) is 0 Å². The predicted molar refractivity (Wildman–Crippen MR) is 97.8 cm³/mol. The Kier molecular flexibility index (Phi) is 2.99. The first-order chi connectivity index (χ1) is 12.6. The van der Waals surface area contributed by atoms with Gasteiger partial charge >= 0.3 is 0 Å². The Morgan fingerprint density at radius 1 is 1.31 bits per heavy atom. The molecule has 1 aromatic carbocycles. The highest BCUT2D eigenvalue weighted by molar-refractivity contribution is 5.65. The number of phenols is 1. The third-order valence-electron chi connectivity index (χ3n) is 8.08. The number of benzene rings is 1. The van der Waals surface area contributed by atoms with Gasteiger partial charge in [-0.25, -0.2) is 0 Å². The molecule has 140 valence electrons. The first-order valence-corrected chi connectivity index (χ1v) is 10.3. The molecular formula is C21H28N2O3. The van der Waals surface area contributed by atoms with Crippen LogP contribution >= 0.6 is 0 Å². The number of hydrogen-bond donors (Lipinski definition) is 4. The van der Waals surface area contributed by atoms with E-state index >= 15 is 0 Å². The Labute approximate surface area is 154 Å². The van der Waals surface area contributed by atoms with Crippen molar-refractivity contribution in [2.75, 3.05) is 13.6 Å². The molecule has 0 aromatic heterocycles. The van der Waals surface area contributed by atoms with E-state index in [0.717, 1.165) is 50.1 Å². The van der Waals surface area contributed by atoms with Crippen molar-refractivity contribution in [3.05, 3.63) is 22.8 Å². The van der Waals surface area contributed by atoms with E-state index in [1.54, 1.807) is 0 Å². The molecular weight excluding hydrogens is 328 g/mol. The lowest BCUT2D eigenvalue weighted by atomic mass is 9.48. The quantitative estimate of drug-likeness (QED) is 0.658. The third kappa shape index (κ3) is 1.68. The fraction of sp³-hybridized carbons (Fsp3) is 0.714. The van der Waals surface area contributed by atoms with Crippen LogP contribution in [-0.4, -0.2) is 47.6 Å². The van der Waals surface area contributed by atoms with Crippen molar-refractivity contribution in [2.45, 2.75) is 74.1 Å². The fourth-order valence-corrected chi connectivity index (χ4v) is 6.71. The molecule has 2 aliphatic heterocycles. The van der Waals surface area contributed by atoms with Gasteiger partial charge in [-0.1, -0.05) is 0 Å². The van der Waals surface area contributed by atoms with E-state index in [0.29, 0.717) is 5.75 Å². The number of nitrogens with one attached hydrogen (secondary N) is 2. The van der Waals surface area contributed by atoms with Gasteiger partial charge in [-0.15, -0.1) is 0 Å². The highest BCUT2D eigenvalue weighted by Gasteiger charge is 2.71. The van der Waals surface area contributed by atoms with Gasteiger partial charge in [0, 0.05) is 17.6 Å². The zero-order valence-electron chi connectivity index (χ0n) is 15.3. The van der Waals surface area contributed by atoms with E-state index in [2.05, 4.69) is 10.6 Å². The molecule has 1 aromatic rings. The Bertz CT molecular complexity index is 792. The summed E-state index contributed by atoms with van der Waals surface area (Å²) in [7, 11) is 1.98. The Balaban J connectivity index is 1.62. The van der Waals surface area contributed by atoms with Gasteiger partial charge < -0.3 is 25.6 Å². The molecule has 0 radical (unpaired) electrons. The van der Waals surface area contributed by atoms with Crippen LogP contribution in [0.3, 0.4) is 0 Å². The average Bonchev–Trinajstić information content (AvgIpc) is 3.35. The minimum absolute atomic E-state index is 0.0844. The largest absolute Gasteiger partial charge is 0.504 e. The summed E-state index contributed by atoms with van der Waals surface area (Å²) in [5, 5.41) is 29.8. The average molecular weight is 356 g/mol. The first-order valence-electron chi connectivity index (χ1n) is 10.3. The van der Waals surface area contributed by atoms with Gasteiger partial charge in [0.25, 0.3) is 0 Å². The van der Waals surface area contributed by atoms with E-state index in [1.165, 1.54) is 24.0 Å². The summed E-state index contributed by atoms with van der Waals surface area (Å²) in [5.74, 6) is 1.70. The lowest BCUT2D eigenvalue weighted by molar-refractivity contribution is -0.157. The van der Waals surface area contributed by atoms with Crippen LogP contribution in [0.25, 0.3) is 0 Å². The number of hydrogen-bond acceptors (Lipinski definition) is 5. The monoisotopic (exact) mass is 356 g/mol. The maximum absolute atomic E-state index is 11.9. The molecule has 0 amide bonds. The van der Waals surface area contributed by atoms with Gasteiger partial charge in [0.2, 0.25) is 0 Å². The second-order valence-corrected chi connectivity index (χ2v) is 9.21. The molecule has 1 spiro atoms. The molecule has 5 atom stereocenters. The van der Waals surface area contributed by atoms with Crippen molar-refractivity contribution in [3.8, 4) is 11.5 Å². The summed E-state index contributed by atoms with van der Waals surface area (Å²) >= 11 is 0. The van der Waals surface area contributed by atoms with E-state index < -0.39 is 11.0 Å². The molecule has 3 fully saturated rings. The molecule has 6 rings (SSSR count). The lowest BCUT2D eigenvalue weighted by Gasteiger charge is -2.61. The van der Waals surface area contributed by atoms with Crippen molar-refractivity contribution in [1.82, 2.24) is 10.6 Å². The SMILES string of the molecule is CN[C@@H]1CC[C@@]2(O)[C@H]3Cc4c(CC5CC5)cc(O)c5c4[C@@]2(CCN3)[C@H]1O5. The van der Waals surface area contributed by atoms with Crippen molar-refractivity contribution < 1.29 is 14.9 Å². The topological polar surface area (TPSA) is 73.8 Å². The van der Waals surface area contributed by atoms with E-state index in [-0.39, 0.29) is 23.9 Å². The smallest absolute Gasteiger partial charge is 0.165 e. The van der Waals surface area contributed by atoms with Gasteiger partial charge in [-0.2, -0.15) is 0 Å². The van der Waals surface area contributed by atoms with Gasteiger partial charge in [-0.3, -0.25) is 0 Å². The molecule has 2 heterocycles. The second-order valence-electron chi connectivity index (χ2n) is 9.21. The fourth-order valence-electron chi connectivity index (χ4n) is 6.71. The summed E-state index contributed by atoms with van der Waals surface area (Å²) in [5.41, 5.74) is 2.61. The summed E-state index contributed by atoms with van der Waals surface area (Å²) in [4.78, 5) is 0. The summed E-state index contributed by atoms with van der Waals surface area (Å²) < 4.78 is 6.45. The summed E-state index contributed by atoms with van der Waals surface area (Å²) in [6.45, 7) is 0.899. The minimum Gasteiger partial charge on any atom is -0.504 e. The van der Waals surface area contributed by atoms with Crippen LogP contribution < -0.4 is 15.4 Å². The number of aromatic hydroxyl groups is 1. The highest BCUT2D eigenvalue weighted by Crippen LogP contribution is 2.64. The zero-order valence-corrected chi connectivity index (χ0v) is 15.3. The molecule has 2 bridgehead atoms. The van der Waals surface area contributed by atoms with Crippen molar-refractivity contribution in [1.29, 1.82) is 0 Å². The lowest BCUT2D eigenvalue weighted by Crippen LogP contribution is -2.77. The third-order valence-corrected chi connectivity index (χ3v) is 8.08. The Morgan fingerprint density at radius 2 is 2.15 bits per heavy atom. The van der Waals surface area contributed by atoms with Crippen LogP contribution in [0, 0.1) is 5.92 Å². The van der Waals surface area contributed by atoms with E-state index in [4.69, 9.17) is 4.74 Å². The second kappa shape index (κ2) is 4.94. The van der Waals surface area contributed by atoms with E-state index in [9.17, 15) is 10.2 Å². The molecule has 4 N–H and O–H groups in total. The normalized spacial score (nSPS) is 42.3. The number of rotatable bonds is 3. The molecule has 2 saturated carbocycles. The van der Waals surface area contributed by atoms with Gasteiger partial charge in [0.1, 0.15) is 6.10 Å². The molecule has 3 aliphatic carbocycles. The molecule has 1 saturated heterocycles. The van der Waals surface area contributed by atoms with Crippen molar-refractivity contribution in [2.24, 2.45) is 5.92 Å².